The molecule has 0 amide bonds. The number of fused-ring (bicyclic) bond motifs is 5. The average molecular weight is 510 g/mol. The van der Waals surface area contributed by atoms with E-state index in [9.17, 15) is 0 Å². The van der Waals surface area contributed by atoms with Crippen molar-refractivity contribution in [2.75, 3.05) is 0 Å². The van der Waals surface area contributed by atoms with Crippen LogP contribution in [0.25, 0.3) is 77.0 Å². The Morgan fingerprint density at radius 1 is 0.425 bits per heavy atom. The summed E-state index contributed by atoms with van der Waals surface area (Å²) in [5.74, 6) is 0. The lowest BCUT2D eigenvalue weighted by Gasteiger charge is -2.12. The summed E-state index contributed by atoms with van der Waals surface area (Å²) in [7, 11) is 0. The molecule has 0 saturated heterocycles. The minimum absolute atomic E-state index is 0.913. The van der Waals surface area contributed by atoms with Crippen LogP contribution in [0.4, 0.5) is 0 Å². The summed E-state index contributed by atoms with van der Waals surface area (Å²) in [6, 6.07) is 44.9. The van der Waals surface area contributed by atoms with Crippen LogP contribution in [0.1, 0.15) is 0 Å². The van der Waals surface area contributed by atoms with Crippen LogP contribution in [0.2, 0.25) is 0 Å². The highest BCUT2D eigenvalue weighted by atomic mass is 14.7. The van der Waals surface area contributed by atoms with Gasteiger partial charge in [0.2, 0.25) is 0 Å². The second-order valence-electron chi connectivity index (χ2n) is 10.1. The van der Waals surface area contributed by atoms with E-state index in [1.165, 1.54) is 32.7 Å². The maximum absolute atomic E-state index is 5.12. The Morgan fingerprint density at radius 3 is 1.88 bits per heavy atom. The topological polar surface area (TPSA) is 38.7 Å². The average Bonchev–Trinajstić information content (AvgIpc) is 3.03. The normalized spacial score (nSPS) is 11.5. The molecule has 0 radical (unpaired) electrons. The summed E-state index contributed by atoms with van der Waals surface area (Å²) in [6.45, 7) is 0. The fraction of sp³-hybridized carbons (Fsp3) is 0. The molecule has 186 valence electrons. The summed E-state index contributed by atoms with van der Waals surface area (Å²) in [6.07, 6.45) is 3.63. The van der Waals surface area contributed by atoms with E-state index in [-0.39, 0.29) is 0 Å². The summed E-state index contributed by atoms with van der Waals surface area (Å²) in [4.78, 5) is 14.3. The molecule has 5 aromatic carbocycles. The van der Waals surface area contributed by atoms with Crippen molar-refractivity contribution in [3.8, 4) is 33.6 Å². The van der Waals surface area contributed by atoms with Crippen molar-refractivity contribution in [3.05, 3.63) is 140 Å². The lowest BCUT2D eigenvalue weighted by atomic mass is 9.93. The quantitative estimate of drug-likeness (QED) is 0.223. The van der Waals surface area contributed by atoms with Gasteiger partial charge in [0.15, 0.2) is 0 Å². The van der Waals surface area contributed by atoms with Gasteiger partial charge in [-0.3, -0.25) is 4.98 Å². The van der Waals surface area contributed by atoms with Crippen LogP contribution in [0, 0.1) is 0 Å². The highest BCUT2D eigenvalue weighted by Crippen LogP contribution is 2.36. The Morgan fingerprint density at radius 2 is 1.07 bits per heavy atom. The molecule has 0 aliphatic heterocycles. The molecule has 8 aromatic rings. The fourth-order valence-electron chi connectivity index (χ4n) is 5.70. The fourth-order valence-corrected chi connectivity index (χ4v) is 5.70. The molecular weight excluding hydrogens is 486 g/mol. The van der Waals surface area contributed by atoms with Gasteiger partial charge in [0.25, 0.3) is 0 Å². The van der Waals surface area contributed by atoms with E-state index in [1.54, 1.807) is 6.20 Å². The molecule has 40 heavy (non-hydrogen) atoms. The molecule has 3 heterocycles. The Kier molecular flexibility index (Phi) is 5.14. The van der Waals surface area contributed by atoms with Gasteiger partial charge in [-0.1, -0.05) is 91.0 Å². The van der Waals surface area contributed by atoms with Gasteiger partial charge >= 0.3 is 0 Å². The summed E-state index contributed by atoms with van der Waals surface area (Å²) < 4.78 is 0. The summed E-state index contributed by atoms with van der Waals surface area (Å²) in [5, 5.41) is 7.26. The van der Waals surface area contributed by atoms with Gasteiger partial charge in [-0.15, -0.1) is 0 Å². The molecule has 3 nitrogen and oxygen atoms in total. The van der Waals surface area contributed by atoms with Crippen molar-refractivity contribution in [2.45, 2.75) is 0 Å². The van der Waals surface area contributed by atoms with Gasteiger partial charge < -0.3 is 0 Å². The van der Waals surface area contributed by atoms with Crippen LogP contribution in [-0.4, -0.2) is 15.0 Å². The Balaban J connectivity index is 1.25. The van der Waals surface area contributed by atoms with Crippen LogP contribution in [0.5, 0.6) is 0 Å². The largest absolute Gasteiger partial charge is 0.264 e. The molecule has 0 aliphatic rings. The van der Waals surface area contributed by atoms with Crippen molar-refractivity contribution < 1.29 is 0 Å². The molecule has 0 saturated carbocycles. The molecule has 0 unspecified atom stereocenters. The van der Waals surface area contributed by atoms with Gasteiger partial charge in [0, 0.05) is 34.3 Å². The van der Waals surface area contributed by atoms with Crippen molar-refractivity contribution in [2.24, 2.45) is 0 Å². The molecule has 3 heteroatoms. The zero-order valence-corrected chi connectivity index (χ0v) is 21.6. The van der Waals surface area contributed by atoms with Crippen molar-refractivity contribution in [3.63, 3.8) is 0 Å². The van der Waals surface area contributed by atoms with Crippen LogP contribution in [0.3, 0.4) is 0 Å². The number of pyridine rings is 3. The lowest BCUT2D eigenvalue weighted by molar-refractivity contribution is 1.30. The first-order valence-electron chi connectivity index (χ1n) is 13.4. The highest BCUT2D eigenvalue weighted by molar-refractivity contribution is 6.14. The van der Waals surface area contributed by atoms with E-state index in [0.717, 1.165) is 44.3 Å². The van der Waals surface area contributed by atoms with Gasteiger partial charge in [0.05, 0.1) is 22.4 Å². The molecule has 0 bridgehead atoms. The molecule has 0 aliphatic carbocycles. The van der Waals surface area contributed by atoms with E-state index in [0.29, 0.717) is 0 Å². The number of hydrogen-bond donors (Lipinski definition) is 0. The minimum atomic E-state index is 0.913. The van der Waals surface area contributed by atoms with Crippen molar-refractivity contribution in [1.82, 2.24) is 15.0 Å². The Bertz CT molecular complexity index is 2220. The van der Waals surface area contributed by atoms with Gasteiger partial charge in [-0.25, -0.2) is 9.97 Å². The van der Waals surface area contributed by atoms with Crippen LogP contribution < -0.4 is 0 Å². The lowest BCUT2D eigenvalue weighted by Crippen LogP contribution is -1.90. The van der Waals surface area contributed by atoms with Crippen molar-refractivity contribution in [1.29, 1.82) is 0 Å². The third-order valence-corrected chi connectivity index (χ3v) is 7.72. The van der Waals surface area contributed by atoms with E-state index >= 15 is 0 Å². The zero-order chi connectivity index (χ0) is 26.5. The third kappa shape index (κ3) is 3.79. The maximum Gasteiger partial charge on any atom is 0.0725 e. The van der Waals surface area contributed by atoms with E-state index < -0.39 is 0 Å². The molecule has 0 fully saturated rings. The number of rotatable bonds is 3. The third-order valence-electron chi connectivity index (χ3n) is 7.72. The second-order valence-corrected chi connectivity index (χ2v) is 10.1. The van der Waals surface area contributed by atoms with Gasteiger partial charge in [0.1, 0.15) is 0 Å². The van der Waals surface area contributed by atoms with Crippen LogP contribution in [-0.2, 0) is 0 Å². The molecule has 0 atom stereocenters. The van der Waals surface area contributed by atoms with E-state index in [4.69, 9.17) is 9.97 Å². The van der Waals surface area contributed by atoms with E-state index in [2.05, 4.69) is 114 Å². The highest BCUT2D eigenvalue weighted by Gasteiger charge is 2.10. The minimum Gasteiger partial charge on any atom is -0.264 e. The number of benzene rings is 5. The Hall–Kier alpha value is -5.41. The number of hydrogen-bond acceptors (Lipinski definition) is 3. The molecule has 8 rings (SSSR count). The maximum atomic E-state index is 5.12. The summed E-state index contributed by atoms with van der Waals surface area (Å²) >= 11 is 0. The predicted molar refractivity (Wildman–Crippen MR) is 166 cm³/mol. The number of nitrogens with zero attached hydrogens (tertiary/aromatic N) is 3. The predicted octanol–water partition coefficient (Wildman–Crippen LogP) is 9.49. The van der Waals surface area contributed by atoms with Gasteiger partial charge in [-0.2, -0.15) is 0 Å². The Labute approximate surface area is 231 Å². The monoisotopic (exact) mass is 509 g/mol. The SMILES string of the molecule is c1cncc(-c2ccc3ccc(-c4ccc5ccc(-c6cccc7ccc8ccccc8c67)cc5n4)cc3n2)c1. The molecule has 0 N–H and O–H groups in total. The van der Waals surface area contributed by atoms with Crippen molar-refractivity contribution >= 4 is 43.4 Å². The summed E-state index contributed by atoms with van der Waals surface area (Å²) in [5.41, 5.74) is 8.21. The molecular formula is C37H23N3. The van der Waals surface area contributed by atoms with Crippen LogP contribution in [0.15, 0.2) is 140 Å². The molecule has 0 spiro atoms. The number of aromatic nitrogens is 3. The van der Waals surface area contributed by atoms with Crippen LogP contribution >= 0.6 is 0 Å². The standard InChI is InChI=1S/C37H23N3/c1-2-8-31-24(5-1)10-13-27-6-3-9-32(37(27)31)28-14-11-25-16-18-33(39-35(25)21-28)29-15-12-26-17-19-34(40-36(26)22-29)30-7-4-20-38-23-30/h1-23H. The first-order chi connectivity index (χ1) is 19.8. The first kappa shape index (κ1) is 22.6. The second kappa shape index (κ2) is 9.11. The van der Waals surface area contributed by atoms with Gasteiger partial charge in [-0.05, 0) is 69.1 Å². The zero-order valence-electron chi connectivity index (χ0n) is 21.6. The molecule has 3 aromatic heterocycles. The van der Waals surface area contributed by atoms with E-state index in [1.807, 2.05) is 24.4 Å². The first-order valence-corrected chi connectivity index (χ1v) is 13.4. The smallest absolute Gasteiger partial charge is 0.0725 e.